The molecule has 0 spiro atoms. The number of nitrogens with zero attached hydrogens (tertiary/aromatic N) is 1. The number of rotatable bonds is 2. The number of aromatic nitrogens is 1. The van der Waals surface area contributed by atoms with E-state index >= 15 is 0 Å². The lowest BCUT2D eigenvalue weighted by atomic mass is 10.2. The molecule has 92 valence electrons. The van der Waals surface area contributed by atoms with E-state index in [9.17, 15) is 18.3 Å². The van der Waals surface area contributed by atoms with E-state index in [1.807, 2.05) is 0 Å². The smallest absolute Gasteiger partial charge is 0.443 e. The number of hydrogen-bond acceptors (Lipinski definition) is 4. The van der Waals surface area contributed by atoms with Crippen molar-refractivity contribution >= 4 is 27.3 Å². The maximum atomic E-state index is 12.3. The standard InChI is InChI=1S/C9H5BrF3NO2S/c10-6-2-1-4(16-6)7(15)5-3-14-8(17-5)9(11,12)13/h1-3,7,15H. The highest BCUT2D eigenvalue weighted by Crippen LogP contribution is 2.36. The highest BCUT2D eigenvalue weighted by Gasteiger charge is 2.35. The summed E-state index contributed by atoms with van der Waals surface area (Å²) in [5.74, 6) is 0.161. The quantitative estimate of drug-likeness (QED) is 0.916. The monoisotopic (exact) mass is 327 g/mol. The summed E-state index contributed by atoms with van der Waals surface area (Å²) >= 11 is 3.43. The number of halogens is 4. The van der Waals surface area contributed by atoms with E-state index in [4.69, 9.17) is 4.42 Å². The third-order valence-corrected chi connectivity index (χ3v) is 3.42. The largest absolute Gasteiger partial charge is 0.451 e. The van der Waals surface area contributed by atoms with Gasteiger partial charge in [0.1, 0.15) is 11.9 Å². The van der Waals surface area contributed by atoms with Gasteiger partial charge >= 0.3 is 6.18 Å². The summed E-state index contributed by atoms with van der Waals surface area (Å²) < 4.78 is 42.4. The SMILES string of the molecule is OC(c1ccc(Br)o1)c1cnc(C(F)(F)F)s1. The molecule has 1 N–H and O–H groups in total. The molecule has 0 aliphatic carbocycles. The maximum absolute atomic E-state index is 12.3. The highest BCUT2D eigenvalue weighted by molar-refractivity contribution is 9.10. The first-order valence-corrected chi connectivity index (χ1v) is 5.95. The number of thiazole rings is 1. The fraction of sp³-hybridized carbons (Fsp3) is 0.222. The summed E-state index contributed by atoms with van der Waals surface area (Å²) in [5.41, 5.74) is 0. The molecule has 8 heteroatoms. The van der Waals surface area contributed by atoms with Gasteiger partial charge in [0.05, 0.1) is 4.88 Å². The summed E-state index contributed by atoms with van der Waals surface area (Å²) in [4.78, 5) is 3.30. The molecular weight excluding hydrogens is 323 g/mol. The summed E-state index contributed by atoms with van der Waals surface area (Å²) in [5, 5.41) is 8.78. The van der Waals surface area contributed by atoms with Crippen LogP contribution in [0.4, 0.5) is 13.2 Å². The van der Waals surface area contributed by atoms with Crippen molar-refractivity contribution in [2.75, 3.05) is 0 Å². The molecule has 2 aromatic heterocycles. The minimum absolute atomic E-state index is 0.0826. The van der Waals surface area contributed by atoms with Gasteiger partial charge in [0.2, 0.25) is 0 Å². The van der Waals surface area contributed by atoms with Crippen LogP contribution in [0.5, 0.6) is 0 Å². The number of furan rings is 1. The Balaban J connectivity index is 2.26. The molecule has 3 nitrogen and oxygen atoms in total. The van der Waals surface area contributed by atoms with E-state index in [2.05, 4.69) is 20.9 Å². The minimum atomic E-state index is -4.49. The summed E-state index contributed by atoms with van der Waals surface area (Å²) in [7, 11) is 0. The Morgan fingerprint density at radius 1 is 1.41 bits per heavy atom. The summed E-state index contributed by atoms with van der Waals surface area (Å²) in [6.45, 7) is 0. The minimum Gasteiger partial charge on any atom is -0.451 e. The molecule has 17 heavy (non-hydrogen) atoms. The van der Waals surface area contributed by atoms with E-state index in [0.717, 1.165) is 6.20 Å². The average Bonchev–Trinajstić information content (AvgIpc) is 2.83. The molecule has 2 heterocycles. The van der Waals surface area contributed by atoms with Gasteiger partial charge in [-0.05, 0) is 28.1 Å². The molecule has 2 aromatic rings. The molecule has 0 aliphatic heterocycles. The first kappa shape index (κ1) is 12.6. The van der Waals surface area contributed by atoms with Crippen LogP contribution in [0.15, 0.2) is 27.4 Å². The second kappa shape index (κ2) is 4.43. The predicted octanol–water partition coefficient (Wildman–Crippen LogP) is 3.60. The third kappa shape index (κ3) is 2.70. The molecular formula is C9H5BrF3NO2S. The molecule has 1 atom stereocenters. The fourth-order valence-electron chi connectivity index (χ4n) is 1.16. The topological polar surface area (TPSA) is 46.3 Å². The fourth-order valence-corrected chi connectivity index (χ4v) is 2.26. The van der Waals surface area contributed by atoms with Crippen LogP contribution < -0.4 is 0 Å². The van der Waals surface area contributed by atoms with Crippen LogP contribution in [0, 0.1) is 0 Å². The van der Waals surface area contributed by atoms with Crippen LogP contribution in [0.1, 0.15) is 21.7 Å². The Bertz CT molecular complexity index is 522. The Morgan fingerprint density at radius 3 is 2.59 bits per heavy atom. The van der Waals surface area contributed by atoms with Crippen LogP contribution in [-0.2, 0) is 6.18 Å². The molecule has 2 rings (SSSR count). The van der Waals surface area contributed by atoms with E-state index < -0.39 is 17.3 Å². The first-order valence-electron chi connectivity index (χ1n) is 4.34. The number of aliphatic hydroxyl groups excluding tert-OH is 1. The lowest BCUT2D eigenvalue weighted by molar-refractivity contribution is -0.137. The lowest BCUT2D eigenvalue weighted by Crippen LogP contribution is -2.03. The molecule has 0 fully saturated rings. The maximum Gasteiger partial charge on any atom is 0.443 e. The zero-order chi connectivity index (χ0) is 12.6. The zero-order valence-corrected chi connectivity index (χ0v) is 10.4. The Morgan fingerprint density at radius 2 is 2.12 bits per heavy atom. The first-order chi connectivity index (χ1) is 7.88. The van der Waals surface area contributed by atoms with Gasteiger partial charge in [0.25, 0.3) is 0 Å². The van der Waals surface area contributed by atoms with Crippen LogP contribution in [0.25, 0.3) is 0 Å². The molecule has 0 aliphatic rings. The Hall–Kier alpha value is -0.860. The third-order valence-electron chi connectivity index (χ3n) is 1.90. The van der Waals surface area contributed by atoms with Crippen LogP contribution >= 0.6 is 27.3 Å². The van der Waals surface area contributed by atoms with Crippen molar-refractivity contribution in [3.05, 3.63) is 38.6 Å². The van der Waals surface area contributed by atoms with Crippen molar-refractivity contribution in [3.63, 3.8) is 0 Å². The molecule has 0 bridgehead atoms. The number of alkyl halides is 3. The van der Waals surface area contributed by atoms with Crippen LogP contribution in [-0.4, -0.2) is 10.1 Å². The van der Waals surface area contributed by atoms with E-state index in [-0.39, 0.29) is 10.6 Å². The average molecular weight is 328 g/mol. The van der Waals surface area contributed by atoms with Gasteiger partial charge in [0.15, 0.2) is 9.68 Å². The van der Waals surface area contributed by atoms with Crippen molar-refractivity contribution in [2.24, 2.45) is 0 Å². The van der Waals surface area contributed by atoms with Gasteiger partial charge < -0.3 is 9.52 Å². The van der Waals surface area contributed by atoms with Gasteiger partial charge in [0, 0.05) is 6.20 Å². The van der Waals surface area contributed by atoms with Crippen LogP contribution in [0.2, 0.25) is 0 Å². The normalized spacial score (nSPS) is 13.9. The molecule has 0 saturated carbocycles. The van der Waals surface area contributed by atoms with Crippen molar-refractivity contribution < 1.29 is 22.7 Å². The molecule has 1 unspecified atom stereocenters. The van der Waals surface area contributed by atoms with Gasteiger partial charge in [-0.15, -0.1) is 11.3 Å². The second-order valence-corrected chi connectivity index (χ2v) is 4.95. The number of hydrogen-bond donors (Lipinski definition) is 1. The van der Waals surface area contributed by atoms with E-state index in [1.165, 1.54) is 6.07 Å². The Kier molecular flexibility index (Phi) is 3.28. The van der Waals surface area contributed by atoms with Crippen molar-refractivity contribution in [1.29, 1.82) is 0 Å². The molecule has 0 radical (unpaired) electrons. The predicted molar refractivity (Wildman–Crippen MR) is 57.6 cm³/mol. The van der Waals surface area contributed by atoms with E-state index in [0.29, 0.717) is 16.0 Å². The molecule has 0 aromatic carbocycles. The summed E-state index contributed by atoms with van der Waals surface area (Å²) in [6, 6.07) is 3.02. The van der Waals surface area contributed by atoms with E-state index in [1.54, 1.807) is 6.07 Å². The van der Waals surface area contributed by atoms with Gasteiger partial charge in [-0.25, -0.2) is 4.98 Å². The van der Waals surface area contributed by atoms with Gasteiger partial charge in [-0.1, -0.05) is 0 Å². The van der Waals surface area contributed by atoms with Crippen molar-refractivity contribution in [3.8, 4) is 0 Å². The van der Waals surface area contributed by atoms with Gasteiger partial charge in [-0.2, -0.15) is 13.2 Å². The number of aliphatic hydroxyl groups is 1. The Labute approximate surface area is 106 Å². The lowest BCUT2D eigenvalue weighted by Gasteiger charge is -2.03. The molecule has 0 amide bonds. The van der Waals surface area contributed by atoms with Crippen LogP contribution in [0.3, 0.4) is 0 Å². The van der Waals surface area contributed by atoms with Crippen molar-refractivity contribution in [2.45, 2.75) is 12.3 Å². The molecule has 0 saturated heterocycles. The van der Waals surface area contributed by atoms with Crippen molar-refractivity contribution in [1.82, 2.24) is 4.98 Å². The zero-order valence-electron chi connectivity index (χ0n) is 8.03. The second-order valence-electron chi connectivity index (χ2n) is 3.11. The van der Waals surface area contributed by atoms with Gasteiger partial charge in [-0.3, -0.25) is 0 Å². The summed E-state index contributed by atoms with van der Waals surface area (Å²) in [6.07, 6.45) is -4.74. The highest BCUT2D eigenvalue weighted by atomic mass is 79.9.